The first-order valence-corrected chi connectivity index (χ1v) is 38.3. The van der Waals surface area contributed by atoms with Crippen molar-refractivity contribution in [3.8, 4) is 0 Å². The molecule has 0 spiro atoms. The van der Waals surface area contributed by atoms with Gasteiger partial charge in [0.15, 0.2) is 0 Å². The number of esters is 1. The Hall–Kier alpha value is -2.55. The number of unbranched alkanes of at least 4 members (excludes halogenated alkanes) is 41. The van der Waals surface area contributed by atoms with Gasteiger partial charge < -0.3 is 19.4 Å². The summed E-state index contributed by atoms with van der Waals surface area (Å²) in [7, 11) is 1.50. The van der Waals surface area contributed by atoms with E-state index in [0.29, 0.717) is 17.4 Å². The van der Waals surface area contributed by atoms with E-state index in [-0.39, 0.29) is 31.5 Å². The quantitative estimate of drug-likeness (QED) is 0.0205. The zero-order valence-electron chi connectivity index (χ0n) is 57.6. The first-order chi connectivity index (χ1) is 41.9. The molecule has 0 saturated heterocycles. The summed E-state index contributed by atoms with van der Waals surface area (Å²) < 4.78 is 30.9. The maximum absolute atomic E-state index is 13.6. The number of phosphoric ester groups is 1. The van der Waals surface area contributed by atoms with Crippen LogP contribution in [0, 0.1) is 0 Å². The third-order valence-electron chi connectivity index (χ3n) is 16.4. The summed E-state index contributed by atoms with van der Waals surface area (Å²) in [5.41, 5.74) is 0. The number of phosphoric acid groups is 1. The molecule has 10 heteroatoms. The molecule has 3 unspecified atom stereocenters. The Balaban J connectivity index is 5.05. The number of carbonyl (C=O) groups excluding carboxylic acids is 2. The Kier molecular flexibility index (Phi) is 63.5. The fourth-order valence-electron chi connectivity index (χ4n) is 10.7. The highest BCUT2D eigenvalue weighted by atomic mass is 31.2. The lowest BCUT2D eigenvalue weighted by Gasteiger charge is -2.27. The molecular formula is C76H142N2O7P+. The zero-order chi connectivity index (χ0) is 62.8. The van der Waals surface area contributed by atoms with Gasteiger partial charge in [0.25, 0.3) is 0 Å². The Morgan fingerprint density at radius 2 is 0.709 bits per heavy atom. The van der Waals surface area contributed by atoms with Gasteiger partial charge in [-0.15, -0.1) is 0 Å². The van der Waals surface area contributed by atoms with Crippen molar-refractivity contribution in [2.45, 2.75) is 360 Å². The largest absolute Gasteiger partial charge is 0.472 e. The van der Waals surface area contributed by atoms with Gasteiger partial charge in [0, 0.05) is 12.8 Å². The first kappa shape index (κ1) is 83.5. The van der Waals surface area contributed by atoms with Gasteiger partial charge in [0.2, 0.25) is 5.91 Å². The summed E-state index contributed by atoms with van der Waals surface area (Å²) >= 11 is 0. The summed E-state index contributed by atoms with van der Waals surface area (Å²) in [6.07, 6.45) is 86.3. The van der Waals surface area contributed by atoms with Crippen LogP contribution in [0.25, 0.3) is 0 Å². The van der Waals surface area contributed by atoms with Crippen LogP contribution < -0.4 is 5.32 Å². The number of rotatable bonds is 67. The molecule has 0 bridgehead atoms. The van der Waals surface area contributed by atoms with Gasteiger partial charge in [-0.05, 0) is 102 Å². The molecule has 0 aromatic rings. The molecule has 0 radical (unpaired) electrons. The average Bonchev–Trinajstić information content (AvgIpc) is 3.65. The molecule has 9 nitrogen and oxygen atoms in total. The molecule has 0 heterocycles. The standard InChI is InChI=1S/C76H141N2O7P/c1-7-10-13-16-19-22-25-28-30-32-34-36-38-39-41-43-45-47-49-51-54-57-60-63-66-69-76(80)85-74(67-64-61-58-55-52-27-24-21-18-15-12-9-3)73(72-84-86(81,82)83-71-70-78(4,5)6)77-75(79)68-65-62-59-56-53-50-48-46-44-42-40-37-35-33-31-29-26-23-20-17-14-11-8-2/h19,22,28-31,34,36,39,41,64,67,73-74H,7-18,20-21,23-27,32-33,35,37-38,40,42-63,65-66,68-72H2,1-6H3,(H-,77,79,81,82)/p+1/b22-19-,30-28-,31-29+,36-34-,41-39-,67-64+. The summed E-state index contributed by atoms with van der Waals surface area (Å²) in [5.74, 6) is -0.501. The van der Waals surface area contributed by atoms with E-state index in [1.54, 1.807) is 0 Å². The molecule has 0 aliphatic heterocycles. The van der Waals surface area contributed by atoms with Crippen LogP contribution >= 0.6 is 7.82 Å². The van der Waals surface area contributed by atoms with Crippen molar-refractivity contribution in [2.24, 2.45) is 0 Å². The van der Waals surface area contributed by atoms with Crippen LogP contribution in [0.4, 0.5) is 0 Å². The van der Waals surface area contributed by atoms with E-state index in [1.807, 2.05) is 33.3 Å². The molecule has 502 valence electrons. The number of hydrogen-bond acceptors (Lipinski definition) is 6. The van der Waals surface area contributed by atoms with Crippen molar-refractivity contribution >= 4 is 19.7 Å². The van der Waals surface area contributed by atoms with Gasteiger partial charge in [-0.2, -0.15) is 0 Å². The van der Waals surface area contributed by atoms with Gasteiger partial charge in [0.1, 0.15) is 19.3 Å². The molecule has 0 aromatic carbocycles. The number of quaternary nitrogens is 1. The van der Waals surface area contributed by atoms with E-state index in [1.165, 1.54) is 225 Å². The van der Waals surface area contributed by atoms with Crippen molar-refractivity contribution in [1.82, 2.24) is 5.32 Å². The molecule has 0 saturated carbocycles. The molecule has 2 N–H and O–H groups in total. The maximum atomic E-state index is 13.6. The zero-order valence-corrected chi connectivity index (χ0v) is 58.5. The van der Waals surface area contributed by atoms with Crippen molar-refractivity contribution in [2.75, 3.05) is 40.9 Å². The van der Waals surface area contributed by atoms with Crippen molar-refractivity contribution < 1.29 is 37.3 Å². The first-order valence-electron chi connectivity index (χ1n) is 36.8. The molecule has 0 aliphatic carbocycles. The van der Waals surface area contributed by atoms with Crippen LogP contribution in [0.5, 0.6) is 0 Å². The number of carbonyl (C=O) groups is 2. The van der Waals surface area contributed by atoms with Gasteiger partial charge in [-0.25, -0.2) is 4.57 Å². The van der Waals surface area contributed by atoms with E-state index in [2.05, 4.69) is 86.8 Å². The lowest BCUT2D eigenvalue weighted by molar-refractivity contribution is -0.870. The van der Waals surface area contributed by atoms with Gasteiger partial charge in [-0.3, -0.25) is 18.6 Å². The topological polar surface area (TPSA) is 111 Å². The molecule has 0 rings (SSSR count). The normalized spacial score (nSPS) is 13.9. The number of allylic oxidation sites excluding steroid dienone is 11. The van der Waals surface area contributed by atoms with Crippen LogP contribution in [0.1, 0.15) is 348 Å². The van der Waals surface area contributed by atoms with Gasteiger partial charge >= 0.3 is 13.8 Å². The minimum atomic E-state index is -4.46. The molecule has 0 aromatic heterocycles. The Morgan fingerprint density at radius 3 is 1.09 bits per heavy atom. The smallest absolute Gasteiger partial charge is 0.456 e. The van der Waals surface area contributed by atoms with Crippen molar-refractivity contribution in [3.63, 3.8) is 0 Å². The average molecular weight is 1230 g/mol. The van der Waals surface area contributed by atoms with Gasteiger partial charge in [-0.1, -0.05) is 306 Å². The molecule has 0 fully saturated rings. The maximum Gasteiger partial charge on any atom is 0.472 e. The van der Waals surface area contributed by atoms with E-state index in [0.717, 1.165) is 89.9 Å². The Labute approximate surface area is 533 Å². The van der Waals surface area contributed by atoms with E-state index < -0.39 is 20.0 Å². The molecule has 86 heavy (non-hydrogen) atoms. The van der Waals surface area contributed by atoms with Crippen LogP contribution in [-0.4, -0.2) is 74.3 Å². The van der Waals surface area contributed by atoms with Crippen LogP contribution in [-0.2, 0) is 27.9 Å². The van der Waals surface area contributed by atoms with Crippen LogP contribution in [0.15, 0.2) is 72.9 Å². The second-order valence-corrected chi connectivity index (χ2v) is 27.6. The molecule has 3 atom stereocenters. The van der Waals surface area contributed by atoms with E-state index in [4.69, 9.17) is 13.8 Å². The second kappa shape index (κ2) is 65.4. The lowest BCUT2D eigenvalue weighted by atomic mass is 10.0. The van der Waals surface area contributed by atoms with Crippen LogP contribution in [0.3, 0.4) is 0 Å². The molecule has 1 amide bonds. The second-order valence-electron chi connectivity index (χ2n) is 26.1. The Bertz CT molecular complexity index is 1700. The predicted octanol–water partition coefficient (Wildman–Crippen LogP) is 23.5. The lowest BCUT2D eigenvalue weighted by Crippen LogP contribution is -2.47. The highest BCUT2D eigenvalue weighted by molar-refractivity contribution is 7.47. The van der Waals surface area contributed by atoms with Gasteiger partial charge in [0.05, 0.1) is 33.8 Å². The number of likely N-dealkylation sites (N-methyl/N-ethyl adjacent to an activating group) is 1. The minimum absolute atomic E-state index is 0.0384. The third-order valence-corrected chi connectivity index (χ3v) is 17.4. The van der Waals surface area contributed by atoms with E-state index >= 15 is 0 Å². The summed E-state index contributed by atoms with van der Waals surface area (Å²) in [5, 5.41) is 3.08. The number of nitrogens with one attached hydrogen (secondary N) is 1. The summed E-state index contributed by atoms with van der Waals surface area (Å²) in [4.78, 5) is 37.9. The Morgan fingerprint density at radius 1 is 0.407 bits per heavy atom. The van der Waals surface area contributed by atoms with Crippen molar-refractivity contribution in [3.05, 3.63) is 72.9 Å². The third kappa shape index (κ3) is 65.9. The molecular weight excluding hydrogens is 1080 g/mol. The van der Waals surface area contributed by atoms with E-state index in [9.17, 15) is 19.0 Å². The minimum Gasteiger partial charge on any atom is -0.456 e. The monoisotopic (exact) mass is 1230 g/mol. The predicted molar refractivity (Wildman–Crippen MR) is 374 cm³/mol. The summed E-state index contributed by atoms with van der Waals surface area (Å²) in [6, 6.07) is -0.854. The number of amides is 1. The van der Waals surface area contributed by atoms with Crippen LogP contribution in [0.2, 0.25) is 0 Å². The number of hydrogen-bond donors (Lipinski definition) is 2. The molecule has 0 aliphatic rings. The number of nitrogens with zero attached hydrogens (tertiary/aromatic N) is 1. The highest BCUT2D eigenvalue weighted by Crippen LogP contribution is 2.43. The highest BCUT2D eigenvalue weighted by Gasteiger charge is 2.30. The fraction of sp³-hybridized carbons (Fsp3) is 0.816. The van der Waals surface area contributed by atoms with Crippen molar-refractivity contribution in [1.29, 1.82) is 0 Å². The fourth-order valence-corrected chi connectivity index (χ4v) is 11.4. The SMILES string of the molecule is CCCCC/C=C\C/C=C\C/C=C\C/C=C\CCCCCCCCCCCC(=O)OC(/C=C/CCCCCCCCCCCC)C(COP(=O)(O)OCC[N+](C)(C)C)NC(=O)CCCCCCCCCCCCCCC/C=C/CCCCCCCC. The summed E-state index contributed by atoms with van der Waals surface area (Å²) in [6.45, 7) is 7.02. The number of ether oxygens (including phenoxy) is 1.